The van der Waals surface area contributed by atoms with Gasteiger partial charge in [0.05, 0.1) is 0 Å². The fraction of sp³-hybridized carbons (Fsp3) is 1.00. The van der Waals surface area contributed by atoms with Crippen LogP contribution < -0.4 is 0 Å². The minimum absolute atomic E-state index is 0.347. The molecule has 0 aromatic rings. The minimum Gasteiger partial charge on any atom is -0.396 e. The van der Waals surface area contributed by atoms with Crippen molar-refractivity contribution >= 4 is 0 Å². The normalized spacial score (nSPS) is 12.9. The Kier molecular flexibility index (Phi) is 13.9. The van der Waals surface area contributed by atoms with Crippen LogP contribution in [-0.2, 0) is 0 Å². The summed E-state index contributed by atoms with van der Waals surface area (Å²) in [6, 6.07) is 0. The summed E-state index contributed by atoms with van der Waals surface area (Å²) < 4.78 is 0. The molecule has 0 heterocycles. The maximum absolute atomic E-state index is 9.16. The third kappa shape index (κ3) is 12.2. The summed E-state index contributed by atoms with van der Waals surface area (Å²) in [5, 5.41) is 17.8. The van der Waals surface area contributed by atoms with Crippen molar-refractivity contribution in [3.63, 3.8) is 0 Å². The minimum atomic E-state index is 0.347. The van der Waals surface area contributed by atoms with E-state index in [9.17, 15) is 0 Å². The maximum atomic E-state index is 9.16. The number of aliphatic hydroxyl groups excluding tert-OH is 2. The number of hydrogen-bond acceptors (Lipinski definition) is 2. The lowest BCUT2D eigenvalue weighted by molar-refractivity contribution is 0.206. The zero-order valence-corrected chi connectivity index (χ0v) is 11.7. The first-order valence-electron chi connectivity index (χ1n) is 7.56. The molecule has 0 aromatic heterocycles. The third-order valence-corrected chi connectivity index (χ3v) is 3.48. The molecule has 0 spiro atoms. The second-order valence-electron chi connectivity index (χ2n) is 5.18. The molecule has 0 aromatic carbocycles. The molecule has 0 aliphatic heterocycles. The number of hydrogen-bond donors (Lipinski definition) is 2. The van der Waals surface area contributed by atoms with Crippen molar-refractivity contribution in [2.24, 2.45) is 5.92 Å². The molecule has 0 aliphatic rings. The average molecular weight is 244 g/mol. The Morgan fingerprint density at radius 2 is 1.24 bits per heavy atom. The van der Waals surface area contributed by atoms with Crippen LogP contribution in [0.25, 0.3) is 0 Å². The summed E-state index contributed by atoms with van der Waals surface area (Å²) in [5.74, 6) is 0.546. The predicted octanol–water partition coefficient (Wildman–Crippen LogP) is 3.90. The number of rotatable bonds is 13. The average Bonchev–Trinajstić information content (AvgIpc) is 2.35. The lowest BCUT2D eigenvalue weighted by atomic mass is 9.97. The quantitative estimate of drug-likeness (QED) is 0.482. The Bertz CT molecular complexity index is 137. The molecule has 0 fully saturated rings. The van der Waals surface area contributed by atoms with Gasteiger partial charge in [-0.1, -0.05) is 58.3 Å². The first kappa shape index (κ1) is 16.9. The lowest BCUT2D eigenvalue weighted by Gasteiger charge is -2.12. The zero-order chi connectivity index (χ0) is 12.8. The van der Waals surface area contributed by atoms with Gasteiger partial charge in [0.2, 0.25) is 0 Å². The zero-order valence-electron chi connectivity index (χ0n) is 11.7. The fourth-order valence-corrected chi connectivity index (χ4v) is 2.34. The van der Waals surface area contributed by atoms with Crippen LogP contribution in [0.15, 0.2) is 0 Å². The van der Waals surface area contributed by atoms with Crippen LogP contribution in [0.3, 0.4) is 0 Å². The van der Waals surface area contributed by atoms with Gasteiger partial charge in [-0.15, -0.1) is 0 Å². The van der Waals surface area contributed by atoms with Crippen LogP contribution in [0, 0.1) is 5.92 Å². The van der Waals surface area contributed by atoms with Crippen molar-refractivity contribution in [2.75, 3.05) is 13.2 Å². The standard InChI is InChI=1S/C15H32O2/c1-2-11-15(14-17)12-9-7-5-3-4-6-8-10-13-16/h15-17H,2-14H2,1H3. The Morgan fingerprint density at radius 3 is 1.71 bits per heavy atom. The SMILES string of the molecule is CCCC(CO)CCCCCCCCCCO. The second kappa shape index (κ2) is 14.0. The van der Waals surface area contributed by atoms with Crippen molar-refractivity contribution in [2.45, 2.75) is 77.6 Å². The smallest absolute Gasteiger partial charge is 0.0459 e. The van der Waals surface area contributed by atoms with Crippen LogP contribution in [-0.4, -0.2) is 23.4 Å². The molecule has 2 heteroatoms. The van der Waals surface area contributed by atoms with E-state index >= 15 is 0 Å². The summed E-state index contributed by atoms with van der Waals surface area (Å²) in [4.78, 5) is 0. The van der Waals surface area contributed by atoms with Gasteiger partial charge in [-0.2, -0.15) is 0 Å². The Hall–Kier alpha value is -0.0800. The van der Waals surface area contributed by atoms with E-state index in [2.05, 4.69) is 6.92 Å². The maximum Gasteiger partial charge on any atom is 0.0459 e. The molecule has 0 rings (SSSR count). The van der Waals surface area contributed by atoms with Gasteiger partial charge in [0.15, 0.2) is 0 Å². The topological polar surface area (TPSA) is 40.5 Å². The van der Waals surface area contributed by atoms with E-state index in [1.807, 2.05) is 0 Å². The summed E-state index contributed by atoms with van der Waals surface area (Å²) in [7, 11) is 0. The predicted molar refractivity (Wildman–Crippen MR) is 74.1 cm³/mol. The highest BCUT2D eigenvalue weighted by Crippen LogP contribution is 2.16. The van der Waals surface area contributed by atoms with Gasteiger partial charge < -0.3 is 10.2 Å². The van der Waals surface area contributed by atoms with Gasteiger partial charge in [0.1, 0.15) is 0 Å². The van der Waals surface area contributed by atoms with Crippen LogP contribution >= 0.6 is 0 Å². The fourth-order valence-electron chi connectivity index (χ4n) is 2.34. The number of unbranched alkanes of at least 4 members (excludes halogenated alkanes) is 7. The van der Waals surface area contributed by atoms with Crippen molar-refractivity contribution in [3.05, 3.63) is 0 Å². The molecule has 0 radical (unpaired) electrons. The summed E-state index contributed by atoms with van der Waals surface area (Å²) >= 11 is 0. The summed E-state index contributed by atoms with van der Waals surface area (Å²) in [6.07, 6.45) is 13.6. The first-order chi connectivity index (χ1) is 8.35. The van der Waals surface area contributed by atoms with Crippen LogP contribution in [0.2, 0.25) is 0 Å². The van der Waals surface area contributed by atoms with Gasteiger partial charge in [0.25, 0.3) is 0 Å². The molecule has 1 unspecified atom stereocenters. The van der Waals surface area contributed by atoms with Gasteiger partial charge >= 0.3 is 0 Å². The molecule has 17 heavy (non-hydrogen) atoms. The molecular weight excluding hydrogens is 212 g/mol. The molecule has 2 N–H and O–H groups in total. The van der Waals surface area contributed by atoms with E-state index in [1.54, 1.807) is 0 Å². The van der Waals surface area contributed by atoms with Crippen LogP contribution in [0.4, 0.5) is 0 Å². The first-order valence-corrected chi connectivity index (χ1v) is 7.56. The Balaban J connectivity index is 3.11. The van der Waals surface area contributed by atoms with Crippen LogP contribution in [0.1, 0.15) is 77.6 Å². The highest BCUT2D eigenvalue weighted by molar-refractivity contribution is 4.57. The van der Waals surface area contributed by atoms with Crippen molar-refractivity contribution in [3.8, 4) is 0 Å². The third-order valence-electron chi connectivity index (χ3n) is 3.48. The van der Waals surface area contributed by atoms with E-state index in [0.29, 0.717) is 19.1 Å². The monoisotopic (exact) mass is 244 g/mol. The molecular formula is C15H32O2. The molecule has 0 bridgehead atoms. The molecule has 1 atom stereocenters. The van der Waals surface area contributed by atoms with E-state index in [1.165, 1.54) is 64.2 Å². The van der Waals surface area contributed by atoms with E-state index in [-0.39, 0.29) is 0 Å². The molecule has 0 saturated heterocycles. The van der Waals surface area contributed by atoms with Gasteiger partial charge in [-0.05, 0) is 25.2 Å². The van der Waals surface area contributed by atoms with Crippen molar-refractivity contribution in [1.29, 1.82) is 0 Å². The summed E-state index contributed by atoms with van der Waals surface area (Å²) in [5.41, 5.74) is 0. The van der Waals surface area contributed by atoms with E-state index < -0.39 is 0 Å². The Morgan fingerprint density at radius 1 is 0.706 bits per heavy atom. The van der Waals surface area contributed by atoms with E-state index in [4.69, 9.17) is 10.2 Å². The van der Waals surface area contributed by atoms with E-state index in [0.717, 1.165) is 6.42 Å². The molecule has 2 nitrogen and oxygen atoms in total. The van der Waals surface area contributed by atoms with Crippen molar-refractivity contribution < 1.29 is 10.2 Å². The molecule has 104 valence electrons. The van der Waals surface area contributed by atoms with Gasteiger partial charge in [0, 0.05) is 13.2 Å². The largest absolute Gasteiger partial charge is 0.396 e. The highest BCUT2D eigenvalue weighted by atomic mass is 16.3. The Labute approximate surface area is 107 Å². The molecule has 0 amide bonds. The summed E-state index contributed by atoms with van der Waals surface area (Å²) in [6.45, 7) is 2.91. The molecule has 0 aliphatic carbocycles. The van der Waals surface area contributed by atoms with Crippen molar-refractivity contribution in [1.82, 2.24) is 0 Å². The van der Waals surface area contributed by atoms with Gasteiger partial charge in [-0.25, -0.2) is 0 Å². The molecule has 0 saturated carbocycles. The number of aliphatic hydroxyl groups is 2. The highest BCUT2D eigenvalue weighted by Gasteiger charge is 2.05. The second-order valence-corrected chi connectivity index (χ2v) is 5.18. The lowest BCUT2D eigenvalue weighted by Crippen LogP contribution is -2.05. The van der Waals surface area contributed by atoms with Gasteiger partial charge in [-0.3, -0.25) is 0 Å². The van der Waals surface area contributed by atoms with Crippen LogP contribution in [0.5, 0.6) is 0 Å².